The highest BCUT2D eigenvalue weighted by Gasteiger charge is 2.29. The van der Waals surface area contributed by atoms with Gasteiger partial charge in [-0.25, -0.2) is 0 Å². The van der Waals surface area contributed by atoms with E-state index in [0.29, 0.717) is 5.92 Å². The number of hydrogen-bond acceptors (Lipinski definition) is 3. The average molecular weight is 283 g/mol. The van der Waals surface area contributed by atoms with Gasteiger partial charge in [-0.1, -0.05) is 18.2 Å². The summed E-state index contributed by atoms with van der Waals surface area (Å²) in [6.45, 7) is 0. The molecular weight excluding hydrogens is 266 g/mol. The zero-order valence-corrected chi connectivity index (χ0v) is 12.0. The molecule has 2 aromatic heterocycles. The summed E-state index contributed by atoms with van der Waals surface area (Å²) >= 11 is 1.86. The third kappa shape index (κ3) is 1.89. The zero-order chi connectivity index (χ0) is 13.5. The van der Waals surface area contributed by atoms with E-state index in [4.69, 9.17) is 10.2 Å². The van der Waals surface area contributed by atoms with Crippen molar-refractivity contribution in [1.82, 2.24) is 0 Å². The first-order valence-corrected chi connectivity index (χ1v) is 8.01. The van der Waals surface area contributed by atoms with Crippen molar-refractivity contribution in [3.8, 4) is 0 Å². The summed E-state index contributed by atoms with van der Waals surface area (Å²) in [5.41, 5.74) is 8.89. The van der Waals surface area contributed by atoms with Crippen LogP contribution in [0.5, 0.6) is 0 Å². The summed E-state index contributed by atoms with van der Waals surface area (Å²) in [6, 6.07) is 12.4. The maximum Gasteiger partial charge on any atom is 0.134 e. The number of aryl methyl sites for hydroxylation is 1. The Labute approximate surface area is 122 Å². The van der Waals surface area contributed by atoms with E-state index >= 15 is 0 Å². The number of thiophene rings is 1. The van der Waals surface area contributed by atoms with Crippen molar-refractivity contribution < 1.29 is 4.42 Å². The van der Waals surface area contributed by atoms with Crippen LogP contribution >= 0.6 is 11.3 Å². The molecule has 2 atom stereocenters. The fourth-order valence-corrected chi connectivity index (χ4v) is 4.26. The average Bonchev–Trinajstić information content (AvgIpc) is 3.12. The minimum atomic E-state index is -0.0453. The van der Waals surface area contributed by atoms with Gasteiger partial charge in [-0.15, -0.1) is 11.3 Å². The Kier molecular flexibility index (Phi) is 2.90. The molecule has 0 saturated heterocycles. The van der Waals surface area contributed by atoms with Crippen LogP contribution in [0.15, 0.2) is 46.2 Å². The first-order valence-electron chi connectivity index (χ1n) is 7.13. The molecule has 2 N–H and O–H groups in total. The van der Waals surface area contributed by atoms with Crippen molar-refractivity contribution in [3.05, 3.63) is 58.0 Å². The van der Waals surface area contributed by atoms with E-state index in [2.05, 4.69) is 23.6 Å². The molecule has 2 unspecified atom stereocenters. The lowest BCUT2D eigenvalue weighted by atomic mass is 9.82. The van der Waals surface area contributed by atoms with Crippen LogP contribution in [0.1, 0.15) is 41.0 Å². The predicted molar refractivity (Wildman–Crippen MR) is 83.1 cm³/mol. The van der Waals surface area contributed by atoms with E-state index in [-0.39, 0.29) is 6.04 Å². The van der Waals surface area contributed by atoms with Gasteiger partial charge in [0.1, 0.15) is 11.3 Å². The fraction of sp³-hybridized carbons (Fsp3) is 0.294. The number of fused-ring (bicyclic) bond motifs is 2. The molecule has 0 fully saturated rings. The Bertz CT molecular complexity index is 709. The molecule has 0 radical (unpaired) electrons. The third-order valence-corrected chi connectivity index (χ3v) is 5.30. The van der Waals surface area contributed by atoms with Gasteiger partial charge in [0.25, 0.3) is 0 Å². The Morgan fingerprint density at radius 1 is 1.25 bits per heavy atom. The number of rotatable bonds is 2. The first-order chi connectivity index (χ1) is 9.83. The topological polar surface area (TPSA) is 39.2 Å². The molecule has 0 aliphatic heterocycles. The summed E-state index contributed by atoms with van der Waals surface area (Å²) in [6.07, 6.45) is 3.59. The second kappa shape index (κ2) is 4.76. The highest BCUT2D eigenvalue weighted by atomic mass is 32.1. The second-order valence-electron chi connectivity index (χ2n) is 5.51. The Hall–Kier alpha value is -1.58. The lowest BCUT2D eigenvalue weighted by Gasteiger charge is -2.26. The molecule has 1 aliphatic carbocycles. The van der Waals surface area contributed by atoms with Crippen molar-refractivity contribution >= 4 is 22.3 Å². The standard InChI is InChI=1S/C17H17NOS/c18-17(13-5-3-7-16-12(13)8-9-20-16)15-10-11-4-1-2-6-14(11)19-15/h1-2,4,6,8-10,13,17H,3,5,7,18H2. The van der Waals surface area contributed by atoms with Gasteiger partial charge in [0.15, 0.2) is 0 Å². The van der Waals surface area contributed by atoms with Gasteiger partial charge < -0.3 is 10.2 Å². The summed E-state index contributed by atoms with van der Waals surface area (Å²) in [5, 5.41) is 3.33. The lowest BCUT2D eigenvalue weighted by molar-refractivity contribution is 0.410. The number of hydrogen-bond donors (Lipinski definition) is 1. The van der Waals surface area contributed by atoms with E-state index < -0.39 is 0 Å². The molecule has 4 rings (SSSR count). The van der Waals surface area contributed by atoms with Gasteiger partial charge in [-0.05, 0) is 48.4 Å². The lowest BCUT2D eigenvalue weighted by Crippen LogP contribution is -2.22. The van der Waals surface area contributed by atoms with E-state index in [1.165, 1.54) is 23.3 Å². The Morgan fingerprint density at radius 2 is 2.15 bits per heavy atom. The van der Waals surface area contributed by atoms with Crippen LogP contribution in [0.3, 0.4) is 0 Å². The molecular formula is C17H17NOS. The minimum absolute atomic E-state index is 0.0453. The van der Waals surface area contributed by atoms with E-state index in [1.54, 1.807) is 0 Å². The number of furan rings is 1. The summed E-state index contributed by atoms with van der Waals surface area (Å²) in [5.74, 6) is 1.31. The van der Waals surface area contributed by atoms with E-state index in [1.807, 2.05) is 29.5 Å². The largest absolute Gasteiger partial charge is 0.459 e. The Balaban J connectivity index is 1.72. The zero-order valence-electron chi connectivity index (χ0n) is 11.2. The van der Waals surface area contributed by atoms with Crippen LogP contribution < -0.4 is 5.73 Å². The molecule has 102 valence electrons. The van der Waals surface area contributed by atoms with Crippen molar-refractivity contribution in [2.24, 2.45) is 5.73 Å². The van der Waals surface area contributed by atoms with Crippen molar-refractivity contribution in [2.45, 2.75) is 31.2 Å². The molecule has 0 spiro atoms. The normalized spacial score (nSPS) is 19.9. The first kappa shape index (κ1) is 12.2. The highest BCUT2D eigenvalue weighted by Crippen LogP contribution is 2.42. The SMILES string of the molecule is NC(c1cc2ccccc2o1)C1CCCc2sccc21. The van der Waals surface area contributed by atoms with Crippen LogP contribution in [-0.2, 0) is 6.42 Å². The Morgan fingerprint density at radius 3 is 3.05 bits per heavy atom. The molecule has 0 saturated carbocycles. The number of nitrogens with two attached hydrogens (primary N) is 1. The van der Waals surface area contributed by atoms with Crippen LogP contribution in [0.25, 0.3) is 11.0 Å². The van der Waals surface area contributed by atoms with E-state index in [0.717, 1.165) is 23.2 Å². The molecule has 1 aliphatic rings. The van der Waals surface area contributed by atoms with Gasteiger partial charge in [0.05, 0.1) is 6.04 Å². The quantitative estimate of drug-likeness (QED) is 0.745. The van der Waals surface area contributed by atoms with Gasteiger partial charge in [0, 0.05) is 16.2 Å². The monoisotopic (exact) mass is 283 g/mol. The van der Waals surface area contributed by atoms with Crippen LogP contribution in [0.4, 0.5) is 0 Å². The predicted octanol–water partition coefficient (Wildman–Crippen LogP) is 4.61. The summed E-state index contributed by atoms with van der Waals surface area (Å²) in [4.78, 5) is 1.51. The van der Waals surface area contributed by atoms with Crippen molar-refractivity contribution in [1.29, 1.82) is 0 Å². The van der Waals surface area contributed by atoms with Gasteiger partial charge in [-0.2, -0.15) is 0 Å². The molecule has 0 amide bonds. The number of para-hydroxylation sites is 1. The summed E-state index contributed by atoms with van der Waals surface area (Å²) < 4.78 is 5.95. The third-order valence-electron chi connectivity index (χ3n) is 4.30. The smallest absolute Gasteiger partial charge is 0.134 e. The number of benzene rings is 1. The van der Waals surface area contributed by atoms with Gasteiger partial charge in [-0.3, -0.25) is 0 Å². The van der Waals surface area contributed by atoms with E-state index in [9.17, 15) is 0 Å². The molecule has 2 heterocycles. The maximum atomic E-state index is 6.52. The van der Waals surface area contributed by atoms with Gasteiger partial charge in [0.2, 0.25) is 0 Å². The van der Waals surface area contributed by atoms with Crippen LogP contribution in [0, 0.1) is 0 Å². The molecule has 0 bridgehead atoms. The second-order valence-corrected chi connectivity index (χ2v) is 6.51. The van der Waals surface area contributed by atoms with Gasteiger partial charge >= 0.3 is 0 Å². The molecule has 3 aromatic rings. The molecule has 2 nitrogen and oxygen atoms in total. The maximum absolute atomic E-state index is 6.52. The van der Waals surface area contributed by atoms with Crippen molar-refractivity contribution in [3.63, 3.8) is 0 Å². The fourth-order valence-electron chi connectivity index (χ4n) is 3.26. The van der Waals surface area contributed by atoms with Crippen LogP contribution in [0.2, 0.25) is 0 Å². The molecule has 1 aromatic carbocycles. The molecule has 20 heavy (non-hydrogen) atoms. The molecule has 3 heteroatoms. The van der Waals surface area contributed by atoms with Crippen LogP contribution in [-0.4, -0.2) is 0 Å². The summed E-state index contributed by atoms with van der Waals surface area (Å²) in [7, 11) is 0. The highest BCUT2D eigenvalue weighted by molar-refractivity contribution is 7.10. The van der Waals surface area contributed by atoms with Crippen molar-refractivity contribution in [2.75, 3.05) is 0 Å². The minimum Gasteiger partial charge on any atom is -0.459 e.